The Bertz CT molecular complexity index is 1300. The molecular formula is C30H33BrN2O5. The number of carbonyl (C=O) groups is 3. The Morgan fingerprint density at radius 2 is 1.37 bits per heavy atom. The molecule has 3 aromatic rings. The summed E-state index contributed by atoms with van der Waals surface area (Å²) in [5, 5.41) is 5.47. The van der Waals surface area contributed by atoms with Crippen LogP contribution >= 0.6 is 15.9 Å². The van der Waals surface area contributed by atoms with E-state index in [4.69, 9.17) is 9.47 Å². The third-order valence-corrected chi connectivity index (χ3v) is 6.87. The smallest absolute Gasteiger partial charge is 0.306 e. The number of carbonyl (C=O) groups excluding carboxylic acids is 3. The molecule has 0 bridgehead atoms. The van der Waals surface area contributed by atoms with Gasteiger partial charge in [0, 0.05) is 22.3 Å². The zero-order valence-electron chi connectivity index (χ0n) is 22.3. The van der Waals surface area contributed by atoms with Crippen molar-refractivity contribution in [2.45, 2.75) is 52.9 Å². The number of halogens is 1. The van der Waals surface area contributed by atoms with E-state index < -0.39 is 18.5 Å². The molecule has 0 atom stereocenters. The van der Waals surface area contributed by atoms with E-state index in [1.807, 2.05) is 44.2 Å². The number of anilines is 2. The van der Waals surface area contributed by atoms with Crippen LogP contribution in [0.1, 0.15) is 50.3 Å². The van der Waals surface area contributed by atoms with Gasteiger partial charge in [-0.05, 0) is 84.5 Å². The zero-order valence-corrected chi connectivity index (χ0v) is 23.9. The van der Waals surface area contributed by atoms with Crippen LogP contribution in [0.3, 0.4) is 0 Å². The molecule has 0 spiro atoms. The molecule has 0 heterocycles. The maximum Gasteiger partial charge on any atom is 0.306 e. The van der Waals surface area contributed by atoms with Crippen molar-refractivity contribution in [3.8, 4) is 11.5 Å². The van der Waals surface area contributed by atoms with Crippen LogP contribution in [0.5, 0.6) is 11.5 Å². The van der Waals surface area contributed by atoms with Crippen LogP contribution < -0.4 is 15.4 Å². The average Bonchev–Trinajstić information content (AvgIpc) is 2.87. The molecule has 0 aliphatic heterocycles. The van der Waals surface area contributed by atoms with Gasteiger partial charge in [-0.25, -0.2) is 0 Å². The Kier molecular flexibility index (Phi) is 9.69. The largest absolute Gasteiger partial charge is 0.457 e. The van der Waals surface area contributed by atoms with E-state index >= 15 is 0 Å². The summed E-state index contributed by atoms with van der Waals surface area (Å²) < 4.78 is 11.8. The molecule has 0 aliphatic rings. The highest BCUT2D eigenvalue weighted by atomic mass is 79.9. The molecule has 7 nitrogen and oxygen atoms in total. The average molecular weight is 582 g/mol. The topological polar surface area (TPSA) is 93.7 Å². The fourth-order valence-corrected chi connectivity index (χ4v) is 3.96. The van der Waals surface area contributed by atoms with Crippen LogP contribution in [0.25, 0.3) is 0 Å². The normalized spacial score (nSPS) is 11.0. The highest BCUT2D eigenvalue weighted by Gasteiger charge is 2.14. The predicted octanol–water partition coefficient (Wildman–Crippen LogP) is 7.06. The van der Waals surface area contributed by atoms with Crippen LogP contribution in [0.2, 0.25) is 0 Å². The Labute approximate surface area is 232 Å². The van der Waals surface area contributed by atoms with Crippen molar-refractivity contribution in [1.29, 1.82) is 0 Å². The first-order valence-electron chi connectivity index (χ1n) is 12.3. The second-order valence-electron chi connectivity index (χ2n) is 10.0. The Balaban J connectivity index is 1.39. The highest BCUT2D eigenvalue weighted by Crippen LogP contribution is 2.28. The van der Waals surface area contributed by atoms with E-state index in [9.17, 15) is 14.4 Å². The third kappa shape index (κ3) is 8.45. The van der Waals surface area contributed by atoms with Crippen molar-refractivity contribution in [3.63, 3.8) is 0 Å². The van der Waals surface area contributed by atoms with Gasteiger partial charge in [0.25, 0.3) is 5.91 Å². The predicted molar refractivity (Wildman–Crippen MR) is 153 cm³/mol. The molecule has 2 amide bonds. The van der Waals surface area contributed by atoms with E-state index in [0.717, 1.165) is 21.3 Å². The van der Waals surface area contributed by atoms with Gasteiger partial charge in [-0.15, -0.1) is 0 Å². The maximum absolute atomic E-state index is 12.2. The summed E-state index contributed by atoms with van der Waals surface area (Å²) in [6.45, 7) is 9.89. The van der Waals surface area contributed by atoms with Gasteiger partial charge >= 0.3 is 5.97 Å². The fraction of sp³-hybridized carbons (Fsp3) is 0.300. The molecule has 0 saturated carbocycles. The van der Waals surface area contributed by atoms with Gasteiger partial charge in [0.15, 0.2) is 6.61 Å². The van der Waals surface area contributed by atoms with Gasteiger partial charge in [0.1, 0.15) is 11.5 Å². The minimum Gasteiger partial charge on any atom is -0.457 e. The molecule has 0 saturated heterocycles. The highest BCUT2D eigenvalue weighted by molar-refractivity contribution is 9.10. The molecule has 0 unspecified atom stereocenters. The van der Waals surface area contributed by atoms with Gasteiger partial charge in [-0.1, -0.05) is 48.8 Å². The number of hydrogen-bond donors (Lipinski definition) is 2. The summed E-state index contributed by atoms with van der Waals surface area (Å²) in [5.41, 5.74) is 4.46. The lowest BCUT2D eigenvalue weighted by Crippen LogP contribution is -2.22. The Morgan fingerprint density at radius 3 is 1.97 bits per heavy atom. The number of amides is 2. The quantitative estimate of drug-likeness (QED) is 0.264. The van der Waals surface area contributed by atoms with Crippen molar-refractivity contribution in [2.75, 3.05) is 17.2 Å². The monoisotopic (exact) mass is 580 g/mol. The molecule has 38 heavy (non-hydrogen) atoms. The third-order valence-electron chi connectivity index (χ3n) is 6.01. The minimum atomic E-state index is -0.625. The lowest BCUT2D eigenvalue weighted by Gasteiger charge is -2.19. The molecule has 0 aromatic heterocycles. The number of rotatable bonds is 9. The molecule has 3 rings (SSSR count). The second kappa shape index (κ2) is 12.7. The summed E-state index contributed by atoms with van der Waals surface area (Å²) in [4.78, 5) is 36.4. The zero-order chi connectivity index (χ0) is 27.9. The van der Waals surface area contributed by atoms with Crippen molar-refractivity contribution in [1.82, 2.24) is 0 Å². The Hall–Kier alpha value is -3.65. The van der Waals surface area contributed by atoms with Crippen LogP contribution in [-0.2, 0) is 24.5 Å². The molecule has 0 aliphatic carbocycles. The van der Waals surface area contributed by atoms with Gasteiger partial charge < -0.3 is 20.1 Å². The number of hydrogen-bond acceptors (Lipinski definition) is 5. The van der Waals surface area contributed by atoms with Crippen LogP contribution in [0, 0.1) is 13.8 Å². The maximum atomic E-state index is 12.2. The van der Waals surface area contributed by atoms with E-state index in [-0.39, 0.29) is 24.2 Å². The molecule has 2 N–H and O–H groups in total. The first-order valence-corrected chi connectivity index (χ1v) is 13.1. The molecule has 200 valence electrons. The summed E-state index contributed by atoms with van der Waals surface area (Å²) in [6, 6.07) is 18.6. The lowest BCUT2D eigenvalue weighted by atomic mass is 9.87. The summed E-state index contributed by atoms with van der Waals surface area (Å²) in [5.74, 6) is -0.0370. The van der Waals surface area contributed by atoms with Crippen LogP contribution in [-0.4, -0.2) is 24.4 Å². The van der Waals surface area contributed by atoms with Crippen molar-refractivity contribution in [2.24, 2.45) is 0 Å². The minimum absolute atomic E-state index is 0.0656. The molecular weight excluding hydrogens is 548 g/mol. The van der Waals surface area contributed by atoms with Crippen molar-refractivity contribution < 1.29 is 23.9 Å². The first-order chi connectivity index (χ1) is 17.9. The standard InChI is InChI=1S/C30H33BrN2O5/c1-19-20(2)26(15-14-25(19)31)33-28(35)18-37-29(36)17-16-27(34)32-22-8-12-24(13-9-22)38-23-10-6-21(7-11-23)30(3,4)5/h6-15H,16-18H2,1-5H3,(H,32,34)(H,33,35). The van der Waals surface area contributed by atoms with E-state index in [1.54, 1.807) is 30.3 Å². The summed E-state index contributed by atoms with van der Waals surface area (Å²) >= 11 is 3.45. The van der Waals surface area contributed by atoms with Crippen LogP contribution in [0.4, 0.5) is 11.4 Å². The summed E-state index contributed by atoms with van der Waals surface area (Å²) in [6.07, 6.45) is -0.203. The number of nitrogens with one attached hydrogen (secondary N) is 2. The van der Waals surface area contributed by atoms with Crippen molar-refractivity contribution >= 4 is 45.1 Å². The second-order valence-corrected chi connectivity index (χ2v) is 10.9. The van der Waals surface area contributed by atoms with Gasteiger partial charge in [-0.2, -0.15) is 0 Å². The molecule has 8 heteroatoms. The molecule has 0 fully saturated rings. The lowest BCUT2D eigenvalue weighted by molar-refractivity contribution is -0.147. The SMILES string of the molecule is Cc1c(Br)ccc(NC(=O)COC(=O)CCC(=O)Nc2ccc(Oc3ccc(C(C)(C)C)cc3)cc2)c1C. The van der Waals surface area contributed by atoms with E-state index in [2.05, 4.69) is 47.3 Å². The van der Waals surface area contributed by atoms with Gasteiger partial charge in [-0.3, -0.25) is 14.4 Å². The summed E-state index contributed by atoms with van der Waals surface area (Å²) in [7, 11) is 0. The van der Waals surface area contributed by atoms with E-state index in [0.29, 0.717) is 17.1 Å². The van der Waals surface area contributed by atoms with Gasteiger partial charge in [0.2, 0.25) is 5.91 Å². The fourth-order valence-electron chi connectivity index (χ4n) is 3.53. The van der Waals surface area contributed by atoms with Crippen LogP contribution in [0.15, 0.2) is 65.1 Å². The van der Waals surface area contributed by atoms with Gasteiger partial charge in [0.05, 0.1) is 6.42 Å². The Morgan fingerprint density at radius 1 is 0.763 bits per heavy atom. The molecule has 0 radical (unpaired) electrons. The molecule has 3 aromatic carbocycles. The van der Waals surface area contributed by atoms with E-state index in [1.165, 1.54) is 5.56 Å². The van der Waals surface area contributed by atoms with Crippen molar-refractivity contribution in [3.05, 3.63) is 81.8 Å². The first kappa shape index (κ1) is 28.9. The number of ether oxygens (including phenoxy) is 2. The number of benzene rings is 3. The number of esters is 1.